The van der Waals surface area contributed by atoms with E-state index in [0.717, 1.165) is 15.8 Å². The maximum absolute atomic E-state index is 12.5. The maximum atomic E-state index is 12.5. The van der Waals surface area contributed by atoms with E-state index >= 15 is 0 Å². The number of anilines is 3. The van der Waals surface area contributed by atoms with Gasteiger partial charge in [0.25, 0.3) is 0 Å². The van der Waals surface area contributed by atoms with Crippen molar-refractivity contribution in [1.29, 1.82) is 0 Å². The number of carbonyl (C=O) groups excluding carboxylic acids is 1. The molecule has 13 heteroatoms. The Kier molecular flexibility index (Phi) is 5.97. The van der Waals surface area contributed by atoms with Gasteiger partial charge in [-0.25, -0.2) is 14.5 Å². The fraction of sp³-hybridized carbons (Fsp3) is 0.273. The molecule has 0 atom stereocenters. The number of benzene rings is 1. The SMILES string of the molecule is O=C(O)N1CCN(c2cccc(Cn3ncc4cnc(Nc5cnn(CCO)c5)nc43)c2)C(=O)C1. The predicted molar refractivity (Wildman–Crippen MR) is 125 cm³/mol. The number of rotatable bonds is 7. The summed E-state index contributed by atoms with van der Waals surface area (Å²) in [4.78, 5) is 35.3. The van der Waals surface area contributed by atoms with E-state index in [9.17, 15) is 9.59 Å². The third-order valence-electron chi connectivity index (χ3n) is 5.64. The van der Waals surface area contributed by atoms with Gasteiger partial charge >= 0.3 is 6.09 Å². The van der Waals surface area contributed by atoms with Crippen molar-refractivity contribution in [3.8, 4) is 0 Å². The van der Waals surface area contributed by atoms with E-state index in [1.807, 2.05) is 24.3 Å². The van der Waals surface area contributed by atoms with E-state index in [1.165, 1.54) is 0 Å². The van der Waals surface area contributed by atoms with E-state index in [2.05, 4.69) is 25.5 Å². The number of nitrogens with one attached hydrogen (secondary N) is 1. The zero-order valence-electron chi connectivity index (χ0n) is 18.7. The van der Waals surface area contributed by atoms with Crippen LogP contribution >= 0.6 is 0 Å². The molecule has 4 heterocycles. The second-order valence-corrected chi connectivity index (χ2v) is 8.03. The highest BCUT2D eigenvalue weighted by atomic mass is 16.4. The van der Waals surface area contributed by atoms with Crippen molar-refractivity contribution < 1.29 is 19.8 Å². The van der Waals surface area contributed by atoms with Gasteiger partial charge in [-0.1, -0.05) is 12.1 Å². The van der Waals surface area contributed by atoms with Gasteiger partial charge in [0.15, 0.2) is 5.65 Å². The van der Waals surface area contributed by atoms with Crippen LogP contribution in [0.15, 0.2) is 49.1 Å². The van der Waals surface area contributed by atoms with Crippen molar-refractivity contribution in [3.63, 3.8) is 0 Å². The van der Waals surface area contributed by atoms with Crippen LogP contribution in [-0.4, -0.2) is 82.9 Å². The number of aromatic nitrogens is 6. The summed E-state index contributed by atoms with van der Waals surface area (Å²) in [5.74, 6) is 0.129. The Labute approximate surface area is 199 Å². The van der Waals surface area contributed by atoms with Crippen LogP contribution in [0.2, 0.25) is 0 Å². The first-order valence-electron chi connectivity index (χ1n) is 11.0. The summed E-state index contributed by atoms with van der Waals surface area (Å²) in [5, 5.41) is 30.7. The summed E-state index contributed by atoms with van der Waals surface area (Å²) < 4.78 is 3.37. The van der Waals surface area contributed by atoms with E-state index in [-0.39, 0.29) is 25.6 Å². The quantitative estimate of drug-likeness (QED) is 0.355. The summed E-state index contributed by atoms with van der Waals surface area (Å²) in [7, 11) is 0. The first kappa shape index (κ1) is 22.3. The largest absolute Gasteiger partial charge is 0.465 e. The molecule has 1 aliphatic rings. The summed E-state index contributed by atoms with van der Waals surface area (Å²) in [5.41, 5.74) is 2.97. The fourth-order valence-electron chi connectivity index (χ4n) is 3.93. The highest BCUT2D eigenvalue weighted by Crippen LogP contribution is 2.21. The smallest absolute Gasteiger partial charge is 0.407 e. The van der Waals surface area contributed by atoms with Crippen molar-refractivity contribution in [2.45, 2.75) is 13.1 Å². The minimum absolute atomic E-state index is 0.00331. The van der Waals surface area contributed by atoms with E-state index < -0.39 is 6.09 Å². The van der Waals surface area contributed by atoms with Gasteiger partial charge in [0, 0.05) is 31.2 Å². The molecule has 1 aliphatic heterocycles. The highest BCUT2D eigenvalue weighted by Gasteiger charge is 2.27. The number of nitrogens with zero attached hydrogens (tertiary/aromatic N) is 8. The van der Waals surface area contributed by atoms with Crippen molar-refractivity contribution in [2.75, 3.05) is 36.5 Å². The molecule has 0 aliphatic carbocycles. The number of carbonyl (C=O) groups is 2. The Balaban J connectivity index is 1.33. The van der Waals surface area contributed by atoms with Crippen molar-refractivity contribution >= 4 is 40.4 Å². The lowest BCUT2D eigenvalue weighted by Gasteiger charge is -2.33. The Morgan fingerprint density at radius 1 is 1.14 bits per heavy atom. The first-order chi connectivity index (χ1) is 17.0. The minimum Gasteiger partial charge on any atom is -0.465 e. The lowest BCUT2D eigenvalue weighted by Crippen LogP contribution is -2.52. The van der Waals surface area contributed by atoms with E-state index in [4.69, 9.17) is 10.2 Å². The fourth-order valence-corrected chi connectivity index (χ4v) is 3.93. The number of piperazine rings is 1. The van der Waals surface area contributed by atoms with Gasteiger partial charge in [-0.15, -0.1) is 0 Å². The monoisotopic (exact) mass is 477 g/mol. The lowest BCUT2D eigenvalue weighted by molar-refractivity contribution is -0.120. The molecular weight excluding hydrogens is 454 g/mol. The zero-order valence-corrected chi connectivity index (χ0v) is 18.7. The average Bonchev–Trinajstić information content (AvgIpc) is 3.46. The van der Waals surface area contributed by atoms with E-state index in [1.54, 1.807) is 39.1 Å². The summed E-state index contributed by atoms with van der Waals surface area (Å²) in [6.45, 7) is 1.22. The molecule has 0 spiro atoms. The molecular formula is C22H23N9O4. The Bertz CT molecular complexity index is 1380. The molecule has 0 radical (unpaired) electrons. The number of aliphatic hydroxyl groups is 1. The molecule has 4 aromatic rings. The third-order valence-corrected chi connectivity index (χ3v) is 5.64. The van der Waals surface area contributed by atoms with Crippen LogP contribution in [0.4, 0.5) is 22.1 Å². The summed E-state index contributed by atoms with van der Waals surface area (Å²) >= 11 is 0. The molecule has 1 fully saturated rings. The Morgan fingerprint density at radius 3 is 2.83 bits per heavy atom. The van der Waals surface area contributed by atoms with Crippen LogP contribution in [-0.2, 0) is 17.9 Å². The van der Waals surface area contributed by atoms with Crippen molar-refractivity contribution in [2.24, 2.45) is 0 Å². The first-order valence-corrected chi connectivity index (χ1v) is 11.0. The van der Waals surface area contributed by atoms with Gasteiger partial charge in [0.2, 0.25) is 11.9 Å². The van der Waals surface area contributed by atoms with Crippen LogP contribution < -0.4 is 10.2 Å². The highest BCUT2D eigenvalue weighted by molar-refractivity contribution is 5.97. The third kappa shape index (κ3) is 4.75. The van der Waals surface area contributed by atoms with Crippen molar-refractivity contribution in [1.82, 2.24) is 34.4 Å². The van der Waals surface area contributed by atoms with Gasteiger partial charge < -0.3 is 20.4 Å². The standard InChI is InChI=1S/C22H23N9O4/c32-7-6-29-13-17(11-24-29)26-21-23-9-16-10-25-31(20(16)27-21)12-15-2-1-3-18(8-15)30-5-4-28(22(34)35)14-19(30)33/h1-3,8-11,13,32H,4-7,12,14H2,(H,34,35)(H,23,26,27). The van der Waals surface area contributed by atoms with Crippen LogP contribution in [0.5, 0.6) is 0 Å². The second-order valence-electron chi connectivity index (χ2n) is 8.03. The van der Waals surface area contributed by atoms with Gasteiger partial charge in [-0.3, -0.25) is 14.4 Å². The Hall–Kier alpha value is -4.52. The Morgan fingerprint density at radius 2 is 2.03 bits per heavy atom. The number of carboxylic acid groups (broad SMARTS) is 1. The van der Waals surface area contributed by atoms with Crippen LogP contribution in [0.1, 0.15) is 5.56 Å². The molecule has 3 N–H and O–H groups in total. The zero-order chi connectivity index (χ0) is 24.4. The van der Waals surface area contributed by atoms with Gasteiger partial charge in [0.1, 0.15) is 6.54 Å². The number of amides is 2. The van der Waals surface area contributed by atoms with Gasteiger partial charge in [0.05, 0.1) is 43.2 Å². The molecule has 3 aromatic heterocycles. The number of fused-ring (bicyclic) bond motifs is 1. The summed E-state index contributed by atoms with van der Waals surface area (Å²) in [6, 6.07) is 7.53. The molecule has 1 saturated heterocycles. The second kappa shape index (κ2) is 9.38. The average molecular weight is 477 g/mol. The number of hydrogen-bond acceptors (Lipinski definition) is 8. The minimum atomic E-state index is -1.09. The molecule has 1 aromatic carbocycles. The van der Waals surface area contributed by atoms with Gasteiger partial charge in [-0.2, -0.15) is 15.2 Å². The normalized spacial score (nSPS) is 14.0. The molecule has 2 amide bonds. The van der Waals surface area contributed by atoms with Gasteiger partial charge in [-0.05, 0) is 17.7 Å². The molecule has 0 unspecified atom stereocenters. The van der Waals surface area contributed by atoms with Crippen LogP contribution in [0, 0.1) is 0 Å². The van der Waals surface area contributed by atoms with E-state index in [0.29, 0.717) is 42.6 Å². The lowest BCUT2D eigenvalue weighted by atomic mass is 10.1. The molecule has 13 nitrogen and oxygen atoms in total. The summed E-state index contributed by atoms with van der Waals surface area (Å²) in [6.07, 6.45) is 5.67. The molecule has 35 heavy (non-hydrogen) atoms. The van der Waals surface area contributed by atoms with Crippen LogP contribution in [0.25, 0.3) is 11.0 Å². The maximum Gasteiger partial charge on any atom is 0.407 e. The number of hydrogen-bond donors (Lipinski definition) is 3. The topological polar surface area (TPSA) is 155 Å². The predicted octanol–water partition coefficient (Wildman–Crippen LogP) is 1.13. The number of aliphatic hydroxyl groups excluding tert-OH is 1. The molecule has 0 saturated carbocycles. The van der Waals surface area contributed by atoms with Crippen LogP contribution in [0.3, 0.4) is 0 Å². The molecule has 5 rings (SSSR count). The molecule has 0 bridgehead atoms. The van der Waals surface area contributed by atoms with Crippen molar-refractivity contribution in [3.05, 3.63) is 54.6 Å². The molecule has 180 valence electrons.